The third-order valence-corrected chi connectivity index (χ3v) is 4.75. The van der Waals surface area contributed by atoms with Gasteiger partial charge in [0.05, 0.1) is 6.10 Å². The summed E-state index contributed by atoms with van der Waals surface area (Å²) < 4.78 is 5.54. The summed E-state index contributed by atoms with van der Waals surface area (Å²) in [4.78, 5) is 2.50. The van der Waals surface area contributed by atoms with E-state index in [1.54, 1.807) is 0 Å². The fourth-order valence-corrected chi connectivity index (χ4v) is 3.37. The second kappa shape index (κ2) is 6.25. The van der Waals surface area contributed by atoms with Crippen molar-refractivity contribution in [1.29, 1.82) is 0 Å². The van der Waals surface area contributed by atoms with Crippen molar-refractivity contribution in [3.05, 3.63) is 35.4 Å². The van der Waals surface area contributed by atoms with Gasteiger partial charge in [0.1, 0.15) is 0 Å². The van der Waals surface area contributed by atoms with E-state index in [0.717, 1.165) is 19.0 Å². The van der Waals surface area contributed by atoms with Crippen molar-refractivity contribution < 1.29 is 4.74 Å². The fourth-order valence-electron chi connectivity index (χ4n) is 3.37. The quantitative estimate of drug-likeness (QED) is 0.897. The number of likely N-dealkylation sites (tertiary alicyclic amines) is 1. The predicted octanol–water partition coefficient (Wildman–Crippen LogP) is 2.67. The number of piperidine rings is 1. The third kappa shape index (κ3) is 3.05. The molecule has 2 fully saturated rings. The van der Waals surface area contributed by atoms with Gasteiger partial charge in [0.15, 0.2) is 0 Å². The summed E-state index contributed by atoms with van der Waals surface area (Å²) in [5.74, 6) is 0.807. The summed E-state index contributed by atoms with van der Waals surface area (Å²) in [5.41, 5.74) is 8.97. The van der Waals surface area contributed by atoms with Crippen LogP contribution in [-0.4, -0.2) is 37.7 Å². The zero-order chi connectivity index (χ0) is 13.9. The van der Waals surface area contributed by atoms with Crippen LogP contribution < -0.4 is 5.73 Å². The number of nitrogens with zero attached hydrogens (tertiary/aromatic N) is 1. The Hall–Kier alpha value is -0.900. The van der Waals surface area contributed by atoms with Gasteiger partial charge in [-0.25, -0.2) is 0 Å². The fraction of sp³-hybridized carbons (Fsp3) is 0.647. The molecule has 3 rings (SSSR count). The number of hydrogen-bond acceptors (Lipinski definition) is 3. The lowest BCUT2D eigenvalue weighted by Crippen LogP contribution is -2.43. The van der Waals surface area contributed by atoms with Gasteiger partial charge in [-0.2, -0.15) is 0 Å². The van der Waals surface area contributed by atoms with Crippen LogP contribution in [0.4, 0.5) is 0 Å². The lowest BCUT2D eigenvalue weighted by molar-refractivity contribution is 0.0155. The molecule has 20 heavy (non-hydrogen) atoms. The molecule has 0 radical (unpaired) electrons. The molecular weight excluding hydrogens is 248 g/mol. The highest BCUT2D eigenvalue weighted by Gasteiger charge is 2.28. The van der Waals surface area contributed by atoms with Gasteiger partial charge >= 0.3 is 0 Å². The highest BCUT2D eigenvalue weighted by molar-refractivity contribution is 5.31. The highest BCUT2D eigenvalue weighted by Crippen LogP contribution is 2.41. The molecule has 2 unspecified atom stereocenters. The maximum atomic E-state index is 6.08. The molecule has 2 atom stereocenters. The lowest BCUT2D eigenvalue weighted by atomic mass is 9.98. The molecule has 1 aliphatic heterocycles. The van der Waals surface area contributed by atoms with E-state index in [1.165, 1.54) is 36.8 Å². The van der Waals surface area contributed by atoms with E-state index in [1.807, 2.05) is 7.11 Å². The van der Waals surface area contributed by atoms with Gasteiger partial charge in [0.25, 0.3) is 0 Å². The van der Waals surface area contributed by atoms with E-state index in [2.05, 4.69) is 29.2 Å². The Labute approximate surface area is 122 Å². The number of ether oxygens (including phenoxy) is 1. The van der Waals surface area contributed by atoms with E-state index in [-0.39, 0.29) is 0 Å². The number of methoxy groups -OCH3 is 1. The van der Waals surface area contributed by atoms with Crippen molar-refractivity contribution in [3.63, 3.8) is 0 Å². The van der Waals surface area contributed by atoms with E-state index < -0.39 is 0 Å². The minimum atomic E-state index is 0.339. The Bertz CT molecular complexity index is 444. The molecule has 110 valence electrons. The molecule has 0 spiro atoms. The van der Waals surface area contributed by atoms with Gasteiger partial charge in [-0.1, -0.05) is 24.3 Å². The van der Waals surface area contributed by atoms with Gasteiger partial charge in [-0.3, -0.25) is 4.90 Å². The summed E-state index contributed by atoms with van der Waals surface area (Å²) in [6.07, 6.45) is 5.45. The predicted molar refractivity (Wildman–Crippen MR) is 81.8 cm³/mol. The SMILES string of the molecule is COC1CCCN(C(CN)c2cccc(C3CC3)c2)C1. The summed E-state index contributed by atoms with van der Waals surface area (Å²) in [5, 5.41) is 0. The second-order valence-corrected chi connectivity index (χ2v) is 6.19. The van der Waals surface area contributed by atoms with Gasteiger partial charge < -0.3 is 10.5 Å². The van der Waals surface area contributed by atoms with E-state index >= 15 is 0 Å². The Morgan fingerprint density at radius 2 is 2.20 bits per heavy atom. The Morgan fingerprint density at radius 1 is 1.35 bits per heavy atom. The molecule has 0 aromatic heterocycles. The second-order valence-electron chi connectivity index (χ2n) is 6.19. The highest BCUT2D eigenvalue weighted by atomic mass is 16.5. The topological polar surface area (TPSA) is 38.5 Å². The van der Waals surface area contributed by atoms with Gasteiger partial charge in [0, 0.05) is 26.2 Å². The van der Waals surface area contributed by atoms with Crippen LogP contribution in [0.3, 0.4) is 0 Å². The minimum absolute atomic E-state index is 0.339. The molecule has 2 aliphatic rings. The van der Waals surface area contributed by atoms with Gasteiger partial charge in [-0.05, 0) is 49.3 Å². The maximum absolute atomic E-state index is 6.08. The monoisotopic (exact) mass is 274 g/mol. The summed E-state index contributed by atoms with van der Waals surface area (Å²) in [6.45, 7) is 2.83. The molecule has 1 aliphatic carbocycles. The average molecular weight is 274 g/mol. The summed E-state index contributed by atoms with van der Waals surface area (Å²) >= 11 is 0. The molecule has 1 aromatic rings. The van der Waals surface area contributed by atoms with Crippen LogP contribution in [0.15, 0.2) is 24.3 Å². The molecule has 2 N–H and O–H groups in total. The van der Waals surface area contributed by atoms with E-state index in [0.29, 0.717) is 18.7 Å². The number of rotatable bonds is 5. The Kier molecular flexibility index (Phi) is 4.39. The molecule has 1 saturated heterocycles. The molecule has 3 nitrogen and oxygen atoms in total. The number of benzene rings is 1. The first-order chi connectivity index (χ1) is 9.81. The van der Waals surface area contributed by atoms with E-state index in [9.17, 15) is 0 Å². The smallest absolute Gasteiger partial charge is 0.0698 e. The first-order valence-electron chi connectivity index (χ1n) is 7.88. The minimum Gasteiger partial charge on any atom is -0.380 e. The zero-order valence-electron chi connectivity index (χ0n) is 12.4. The van der Waals surface area contributed by atoms with Crippen molar-refractivity contribution in [2.75, 3.05) is 26.7 Å². The Balaban J connectivity index is 1.76. The van der Waals surface area contributed by atoms with Crippen molar-refractivity contribution >= 4 is 0 Å². The summed E-state index contributed by atoms with van der Waals surface area (Å²) in [7, 11) is 1.82. The molecular formula is C17H26N2O. The van der Waals surface area contributed by atoms with Gasteiger partial charge in [0.2, 0.25) is 0 Å². The largest absolute Gasteiger partial charge is 0.380 e. The lowest BCUT2D eigenvalue weighted by Gasteiger charge is -2.37. The number of hydrogen-bond donors (Lipinski definition) is 1. The Morgan fingerprint density at radius 3 is 2.90 bits per heavy atom. The maximum Gasteiger partial charge on any atom is 0.0698 e. The first-order valence-corrected chi connectivity index (χ1v) is 7.88. The van der Waals surface area contributed by atoms with E-state index in [4.69, 9.17) is 10.5 Å². The van der Waals surface area contributed by atoms with Crippen molar-refractivity contribution in [3.8, 4) is 0 Å². The molecule has 1 heterocycles. The normalized spacial score (nSPS) is 25.6. The van der Waals surface area contributed by atoms with Crippen LogP contribution in [0.2, 0.25) is 0 Å². The standard InChI is InChI=1S/C17H26N2O/c1-20-16-6-3-9-19(12-16)17(11-18)15-5-2-4-14(10-15)13-7-8-13/h2,4-5,10,13,16-17H,3,6-9,11-12,18H2,1H3. The molecule has 3 heteroatoms. The first kappa shape index (κ1) is 14.1. The van der Waals surface area contributed by atoms with Crippen LogP contribution in [0.1, 0.15) is 48.8 Å². The van der Waals surface area contributed by atoms with Crippen LogP contribution in [0, 0.1) is 0 Å². The molecule has 1 saturated carbocycles. The van der Waals surface area contributed by atoms with Gasteiger partial charge in [-0.15, -0.1) is 0 Å². The summed E-state index contributed by atoms with van der Waals surface area (Å²) in [6, 6.07) is 9.42. The number of nitrogens with two attached hydrogens (primary N) is 1. The van der Waals surface area contributed by atoms with Crippen molar-refractivity contribution in [2.45, 2.75) is 43.7 Å². The molecule has 0 bridgehead atoms. The average Bonchev–Trinajstić information content (AvgIpc) is 3.33. The van der Waals surface area contributed by atoms with Crippen molar-refractivity contribution in [2.24, 2.45) is 5.73 Å². The van der Waals surface area contributed by atoms with Crippen LogP contribution >= 0.6 is 0 Å². The van der Waals surface area contributed by atoms with Crippen molar-refractivity contribution in [1.82, 2.24) is 4.90 Å². The van der Waals surface area contributed by atoms with Crippen LogP contribution in [0.25, 0.3) is 0 Å². The molecule has 0 amide bonds. The van der Waals surface area contributed by atoms with Crippen LogP contribution in [0.5, 0.6) is 0 Å². The third-order valence-electron chi connectivity index (χ3n) is 4.75. The molecule has 1 aromatic carbocycles. The zero-order valence-corrected chi connectivity index (χ0v) is 12.4. The van der Waals surface area contributed by atoms with Crippen LogP contribution in [-0.2, 0) is 4.74 Å².